The van der Waals surface area contributed by atoms with Crippen LogP contribution in [0.2, 0.25) is 0 Å². The SMILES string of the molecule is COC(=O)c1cccc(CN2CCC(Cc3cccc4cncc(C)c34)C2)c1. The number of aromatic nitrogens is 1. The summed E-state index contributed by atoms with van der Waals surface area (Å²) in [6.07, 6.45) is 6.22. The van der Waals surface area contributed by atoms with Gasteiger partial charge in [-0.2, -0.15) is 0 Å². The number of rotatable bonds is 5. The number of benzene rings is 2. The molecule has 0 radical (unpaired) electrons. The van der Waals surface area contributed by atoms with E-state index in [1.54, 1.807) is 6.07 Å². The Kier molecular flexibility index (Phi) is 5.40. The van der Waals surface area contributed by atoms with Crippen LogP contribution in [0.5, 0.6) is 0 Å². The van der Waals surface area contributed by atoms with Crippen molar-refractivity contribution in [3.05, 3.63) is 77.1 Å². The molecule has 4 heteroatoms. The Morgan fingerprint density at radius 3 is 2.93 bits per heavy atom. The number of pyridine rings is 1. The summed E-state index contributed by atoms with van der Waals surface area (Å²) in [4.78, 5) is 18.6. The molecule has 3 aromatic rings. The maximum Gasteiger partial charge on any atom is 0.337 e. The van der Waals surface area contributed by atoms with Gasteiger partial charge in [0.15, 0.2) is 0 Å². The summed E-state index contributed by atoms with van der Waals surface area (Å²) in [7, 11) is 1.42. The first-order valence-electron chi connectivity index (χ1n) is 9.86. The normalized spacial score (nSPS) is 17.1. The lowest BCUT2D eigenvalue weighted by Gasteiger charge is -2.17. The number of nitrogens with zero attached hydrogens (tertiary/aromatic N) is 2. The van der Waals surface area contributed by atoms with E-state index in [4.69, 9.17) is 4.74 Å². The van der Waals surface area contributed by atoms with Crippen molar-refractivity contribution in [2.24, 2.45) is 5.92 Å². The molecule has 1 aromatic heterocycles. The monoisotopic (exact) mass is 374 g/mol. The molecule has 1 aliphatic heterocycles. The number of carbonyl (C=O) groups excluding carboxylic acids is 1. The van der Waals surface area contributed by atoms with Crippen LogP contribution in [-0.2, 0) is 17.7 Å². The summed E-state index contributed by atoms with van der Waals surface area (Å²) in [5.74, 6) is 0.379. The molecule has 0 saturated carbocycles. The van der Waals surface area contributed by atoms with Crippen molar-refractivity contribution in [3.8, 4) is 0 Å². The van der Waals surface area contributed by atoms with E-state index in [-0.39, 0.29) is 5.97 Å². The van der Waals surface area contributed by atoms with Gasteiger partial charge in [-0.1, -0.05) is 30.3 Å². The maximum absolute atomic E-state index is 11.8. The van der Waals surface area contributed by atoms with Crippen molar-refractivity contribution in [2.75, 3.05) is 20.2 Å². The molecule has 2 aromatic carbocycles. The molecule has 1 atom stereocenters. The predicted molar refractivity (Wildman–Crippen MR) is 111 cm³/mol. The number of carbonyl (C=O) groups is 1. The van der Waals surface area contributed by atoms with Gasteiger partial charge in [0.2, 0.25) is 0 Å². The van der Waals surface area contributed by atoms with Gasteiger partial charge < -0.3 is 4.74 Å². The van der Waals surface area contributed by atoms with Gasteiger partial charge in [-0.3, -0.25) is 9.88 Å². The molecular weight excluding hydrogens is 348 g/mol. The molecule has 28 heavy (non-hydrogen) atoms. The molecule has 144 valence electrons. The molecule has 1 saturated heterocycles. The zero-order valence-electron chi connectivity index (χ0n) is 16.5. The van der Waals surface area contributed by atoms with Gasteiger partial charge >= 0.3 is 5.97 Å². The van der Waals surface area contributed by atoms with Crippen LogP contribution in [-0.4, -0.2) is 36.1 Å². The van der Waals surface area contributed by atoms with Crippen molar-refractivity contribution in [1.29, 1.82) is 0 Å². The topological polar surface area (TPSA) is 42.4 Å². The van der Waals surface area contributed by atoms with Gasteiger partial charge in [0.1, 0.15) is 0 Å². The Hall–Kier alpha value is -2.72. The predicted octanol–water partition coefficient (Wildman–Crippen LogP) is 4.39. The molecule has 4 nitrogen and oxygen atoms in total. The fourth-order valence-electron chi connectivity index (χ4n) is 4.38. The zero-order chi connectivity index (χ0) is 19.5. The molecule has 0 amide bonds. The van der Waals surface area contributed by atoms with Gasteiger partial charge in [-0.05, 0) is 66.4 Å². The molecule has 1 unspecified atom stereocenters. The fourth-order valence-corrected chi connectivity index (χ4v) is 4.38. The molecule has 0 aliphatic carbocycles. The van der Waals surface area contributed by atoms with E-state index in [1.807, 2.05) is 24.5 Å². The van der Waals surface area contributed by atoms with Crippen molar-refractivity contribution in [1.82, 2.24) is 9.88 Å². The minimum Gasteiger partial charge on any atom is -0.465 e. The van der Waals surface area contributed by atoms with Crippen LogP contribution in [0.25, 0.3) is 10.8 Å². The van der Waals surface area contributed by atoms with Crippen molar-refractivity contribution >= 4 is 16.7 Å². The Morgan fingerprint density at radius 2 is 2.07 bits per heavy atom. The Balaban J connectivity index is 1.44. The maximum atomic E-state index is 11.8. The number of hydrogen-bond donors (Lipinski definition) is 0. The highest BCUT2D eigenvalue weighted by atomic mass is 16.5. The largest absolute Gasteiger partial charge is 0.465 e. The summed E-state index contributed by atoms with van der Waals surface area (Å²) in [5.41, 5.74) is 4.46. The summed E-state index contributed by atoms with van der Waals surface area (Å²) < 4.78 is 4.83. The molecular formula is C24H26N2O2. The number of fused-ring (bicyclic) bond motifs is 1. The van der Waals surface area contributed by atoms with Crippen molar-refractivity contribution < 1.29 is 9.53 Å². The van der Waals surface area contributed by atoms with Gasteiger partial charge in [0, 0.05) is 30.9 Å². The zero-order valence-corrected chi connectivity index (χ0v) is 16.5. The summed E-state index contributed by atoms with van der Waals surface area (Å²) in [6, 6.07) is 14.3. The molecule has 0 N–H and O–H groups in total. The minimum atomic E-state index is -0.276. The highest BCUT2D eigenvalue weighted by Gasteiger charge is 2.23. The smallest absolute Gasteiger partial charge is 0.337 e. The second kappa shape index (κ2) is 8.11. The minimum absolute atomic E-state index is 0.276. The van der Waals surface area contributed by atoms with Crippen LogP contribution in [0.15, 0.2) is 54.9 Å². The van der Waals surface area contributed by atoms with E-state index in [0.717, 1.165) is 31.6 Å². The Morgan fingerprint density at radius 1 is 1.21 bits per heavy atom. The molecule has 4 rings (SSSR count). The van der Waals surface area contributed by atoms with Crippen LogP contribution >= 0.6 is 0 Å². The third kappa shape index (κ3) is 3.92. The van der Waals surface area contributed by atoms with Gasteiger partial charge in [0.25, 0.3) is 0 Å². The van der Waals surface area contributed by atoms with Crippen LogP contribution in [0, 0.1) is 12.8 Å². The highest BCUT2D eigenvalue weighted by Crippen LogP contribution is 2.28. The molecule has 1 aliphatic rings. The van der Waals surface area contributed by atoms with Crippen LogP contribution < -0.4 is 0 Å². The second-order valence-corrected chi connectivity index (χ2v) is 7.76. The van der Waals surface area contributed by atoms with E-state index < -0.39 is 0 Å². The van der Waals surface area contributed by atoms with Gasteiger partial charge in [-0.15, -0.1) is 0 Å². The van der Waals surface area contributed by atoms with Crippen LogP contribution in [0.4, 0.5) is 0 Å². The summed E-state index contributed by atoms with van der Waals surface area (Å²) in [6.45, 7) is 5.20. The average molecular weight is 374 g/mol. The van der Waals surface area contributed by atoms with Gasteiger partial charge in [-0.25, -0.2) is 4.79 Å². The first-order chi connectivity index (χ1) is 13.6. The molecule has 2 heterocycles. The fraction of sp³-hybridized carbons (Fsp3) is 0.333. The lowest BCUT2D eigenvalue weighted by atomic mass is 9.93. The van der Waals surface area contributed by atoms with E-state index in [9.17, 15) is 4.79 Å². The number of hydrogen-bond acceptors (Lipinski definition) is 4. The summed E-state index contributed by atoms with van der Waals surface area (Å²) >= 11 is 0. The van der Waals surface area contributed by atoms with Crippen molar-refractivity contribution in [2.45, 2.75) is 26.3 Å². The van der Waals surface area contributed by atoms with Crippen LogP contribution in [0.3, 0.4) is 0 Å². The lowest BCUT2D eigenvalue weighted by molar-refractivity contribution is 0.0600. The average Bonchev–Trinajstić information content (AvgIpc) is 3.14. The number of methoxy groups -OCH3 is 1. The Bertz CT molecular complexity index is 994. The van der Waals surface area contributed by atoms with E-state index >= 15 is 0 Å². The number of ether oxygens (including phenoxy) is 1. The standard InChI is InChI=1S/C24H26N2O2/c1-17-13-25-14-22-8-4-6-20(23(17)22)11-19-9-10-26(16-19)15-18-5-3-7-21(12-18)24(27)28-2/h3-8,12-14,19H,9-11,15-16H2,1-2H3. The third-order valence-electron chi connectivity index (χ3n) is 5.69. The summed E-state index contributed by atoms with van der Waals surface area (Å²) in [5, 5.41) is 2.59. The first kappa shape index (κ1) is 18.6. The number of esters is 1. The quantitative estimate of drug-likeness (QED) is 0.621. The molecule has 0 spiro atoms. The van der Waals surface area contributed by atoms with E-state index in [1.165, 1.54) is 35.4 Å². The molecule has 1 fully saturated rings. The number of likely N-dealkylation sites (tertiary alicyclic amines) is 1. The van der Waals surface area contributed by atoms with Crippen molar-refractivity contribution in [3.63, 3.8) is 0 Å². The van der Waals surface area contributed by atoms with E-state index in [0.29, 0.717) is 11.5 Å². The van der Waals surface area contributed by atoms with E-state index in [2.05, 4.69) is 41.1 Å². The van der Waals surface area contributed by atoms with Crippen LogP contribution in [0.1, 0.15) is 33.5 Å². The van der Waals surface area contributed by atoms with Gasteiger partial charge in [0.05, 0.1) is 12.7 Å². The first-order valence-corrected chi connectivity index (χ1v) is 9.86. The second-order valence-electron chi connectivity index (χ2n) is 7.76. The molecule has 0 bridgehead atoms. The number of aryl methyl sites for hydroxylation is 1. The third-order valence-corrected chi connectivity index (χ3v) is 5.69. The highest BCUT2D eigenvalue weighted by molar-refractivity contribution is 5.89. The Labute approximate surface area is 166 Å². The lowest BCUT2D eigenvalue weighted by Crippen LogP contribution is -2.21.